The quantitative estimate of drug-likeness (QED) is 0.819. The maximum absolute atomic E-state index is 11.8. The zero-order chi connectivity index (χ0) is 13.8. The van der Waals surface area contributed by atoms with Crippen molar-refractivity contribution in [2.45, 2.75) is 6.92 Å². The molecular weight excluding hydrogens is 248 g/mol. The van der Waals surface area contributed by atoms with Crippen molar-refractivity contribution in [2.75, 3.05) is 13.7 Å². The number of aromatic amines is 2. The molecular formula is C13H14N2O4. The van der Waals surface area contributed by atoms with E-state index < -0.39 is 11.5 Å². The third kappa shape index (κ3) is 2.37. The molecule has 19 heavy (non-hydrogen) atoms. The lowest BCUT2D eigenvalue weighted by molar-refractivity contribution is 0.0526. The highest BCUT2D eigenvalue weighted by molar-refractivity contribution is 5.96. The Morgan fingerprint density at radius 1 is 1.26 bits per heavy atom. The molecule has 0 fully saturated rings. The van der Waals surface area contributed by atoms with Crippen LogP contribution in [0.3, 0.4) is 0 Å². The van der Waals surface area contributed by atoms with Gasteiger partial charge in [-0.3, -0.25) is 15.0 Å². The lowest BCUT2D eigenvalue weighted by Gasteiger charge is -2.07. The number of esters is 1. The normalized spacial score (nSPS) is 10.2. The van der Waals surface area contributed by atoms with Gasteiger partial charge in [0.05, 0.1) is 19.4 Å². The molecule has 0 aliphatic heterocycles. The summed E-state index contributed by atoms with van der Waals surface area (Å²) in [5.74, 6) is -0.103. The molecule has 2 rings (SSSR count). The smallest absolute Gasteiger partial charge is 0.346 e. The van der Waals surface area contributed by atoms with Crippen LogP contribution in [0.2, 0.25) is 0 Å². The van der Waals surface area contributed by atoms with E-state index in [9.17, 15) is 9.59 Å². The van der Waals surface area contributed by atoms with E-state index in [1.807, 2.05) is 0 Å². The van der Waals surface area contributed by atoms with Crippen molar-refractivity contribution in [1.82, 2.24) is 10.2 Å². The Balaban J connectivity index is 2.57. The Hall–Kier alpha value is -2.50. The van der Waals surface area contributed by atoms with Crippen LogP contribution in [0.25, 0.3) is 11.3 Å². The average molecular weight is 262 g/mol. The average Bonchev–Trinajstić information content (AvgIpc) is 2.80. The summed E-state index contributed by atoms with van der Waals surface area (Å²) in [5.41, 5.74) is 0.415. The summed E-state index contributed by atoms with van der Waals surface area (Å²) in [4.78, 5) is 23.5. The molecule has 0 spiro atoms. The summed E-state index contributed by atoms with van der Waals surface area (Å²) in [7, 11) is 1.52. The lowest BCUT2D eigenvalue weighted by atomic mass is 10.1. The molecule has 0 saturated heterocycles. The lowest BCUT2D eigenvalue weighted by Crippen LogP contribution is -2.15. The van der Waals surface area contributed by atoms with Crippen molar-refractivity contribution < 1.29 is 14.3 Å². The van der Waals surface area contributed by atoms with E-state index in [-0.39, 0.29) is 12.2 Å². The second kappa shape index (κ2) is 5.43. The molecule has 0 aliphatic rings. The molecule has 0 aliphatic carbocycles. The van der Waals surface area contributed by atoms with Crippen LogP contribution in [0.15, 0.2) is 29.1 Å². The molecule has 1 aromatic carbocycles. The summed E-state index contributed by atoms with van der Waals surface area (Å²) < 4.78 is 10.1. The van der Waals surface area contributed by atoms with E-state index in [0.29, 0.717) is 17.0 Å². The SMILES string of the molecule is CCOC(=O)c1c(-c2ccccc2OC)[nH][nH]c1=O. The maximum atomic E-state index is 11.8. The molecule has 2 N–H and O–H groups in total. The highest BCUT2D eigenvalue weighted by atomic mass is 16.5. The first-order valence-electron chi connectivity index (χ1n) is 5.80. The molecule has 0 radical (unpaired) electrons. The zero-order valence-corrected chi connectivity index (χ0v) is 10.6. The molecule has 0 saturated carbocycles. The molecule has 1 aromatic heterocycles. The molecule has 100 valence electrons. The van der Waals surface area contributed by atoms with Gasteiger partial charge in [0.15, 0.2) is 5.56 Å². The number of hydrogen-bond acceptors (Lipinski definition) is 4. The third-order valence-corrected chi connectivity index (χ3v) is 2.63. The van der Waals surface area contributed by atoms with E-state index in [1.54, 1.807) is 31.2 Å². The number of methoxy groups -OCH3 is 1. The van der Waals surface area contributed by atoms with Gasteiger partial charge in [-0.2, -0.15) is 0 Å². The number of aromatic nitrogens is 2. The standard InChI is InChI=1S/C13H14N2O4/c1-3-19-13(17)10-11(14-15-12(10)16)8-6-4-5-7-9(8)18-2/h4-7H,3H2,1-2H3,(H2,14,15,16). The number of carbonyl (C=O) groups is 1. The number of ether oxygens (including phenoxy) is 2. The van der Waals surface area contributed by atoms with Crippen LogP contribution in [-0.4, -0.2) is 29.9 Å². The van der Waals surface area contributed by atoms with Crippen molar-refractivity contribution >= 4 is 5.97 Å². The minimum absolute atomic E-state index is 0.0497. The Kier molecular flexibility index (Phi) is 3.70. The summed E-state index contributed by atoms with van der Waals surface area (Å²) in [6, 6.07) is 7.09. The molecule has 0 atom stereocenters. The molecule has 6 nitrogen and oxygen atoms in total. The van der Waals surface area contributed by atoms with Crippen molar-refractivity contribution in [3.8, 4) is 17.0 Å². The predicted molar refractivity (Wildman–Crippen MR) is 69.4 cm³/mol. The first-order valence-corrected chi connectivity index (χ1v) is 5.80. The van der Waals surface area contributed by atoms with Gasteiger partial charge in [0, 0.05) is 5.56 Å². The van der Waals surface area contributed by atoms with Crippen LogP contribution >= 0.6 is 0 Å². The summed E-state index contributed by atoms with van der Waals surface area (Å²) in [6.07, 6.45) is 0. The minimum atomic E-state index is -0.661. The Morgan fingerprint density at radius 2 is 2.00 bits per heavy atom. The van der Waals surface area contributed by atoms with Crippen LogP contribution in [0.1, 0.15) is 17.3 Å². The van der Waals surface area contributed by atoms with E-state index in [2.05, 4.69) is 10.2 Å². The van der Waals surface area contributed by atoms with Gasteiger partial charge in [-0.1, -0.05) is 12.1 Å². The summed E-state index contributed by atoms with van der Waals surface area (Å²) >= 11 is 0. The van der Waals surface area contributed by atoms with Gasteiger partial charge in [-0.25, -0.2) is 4.79 Å². The van der Waals surface area contributed by atoms with Crippen molar-refractivity contribution in [3.63, 3.8) is 0 Å². The van der Waals surface area contributed by atoms with Crippen molar-refractivity contribution in [1.29, 1.82) is 0 Å². The number of para-hydroxylation sites is 1. The van der Waals surface area contributed by atoms with Crippen LogP contribution < -0.4 is 10.3 Å². The van der Waals surface area contributed by atoms with Crippen molar-refractivity contribution in [3.05, 3.63) is 40.2 Å². The largest absolute Gasteiger partial charge is 0.496 e. The fourth-order valence-corrected chi connectivity index (χ4v) is 1.81. The number of rotatable bonds is 4. The number of nitrogens with one attached hydrogen (secondary N) is 2. The highest BCUT2D eigenvalue weighted by Crippen LogP contribution is 2.29. The first-order chi connectivity index (χ1) is 9.19. The summed E-state index contributed by atoms with van der Waals surface area (Å²) in [6.45, 7) is 1.89. The van der Waals surface area contributed by atoms with Gasteiger partial charge in [-0.15, -0.1) is 0 Å². The Bertz CT molecular complexity index is 642. The molecule has 0 bridgehead atoms. The van der Waals surface area contributed by atoms with Gasteiger partial charge < -0.3 is 9.47 Å². The van der Waals surface area contributed by atoms with Gasteiger partial charge in [0.2, 0.25) is 0 Å². The van der Waals surface area contributed by atoms with Crippen LogP contribution in [0.5, 0.6) is 5.75 Å². The van der Waals surface area contributed by atoms with E-state index in [4.69, 9.17) is 9.47 Å². The molecule has 0 unspecified atom stereocenters. The van der Waals surface area contributed by atoms with Gasteiger partial charge in [0.25, 0.3) is 5.56 Å². The summed E-state index contributed by atoms with van der Waals surface area (Å²) in [5, 5.41) is 5.08. The zero-order valence-electron chi connectivity index (χ0n) is 10.6. The molecule has 0 amide bonds. The van der Waals surface area contributed by atoms with Crippen LogP contribution in [-0.2, 0) is 4.74 Å². The van der Waals surface area contributed by atoms with Gasteiger partial charge in [-0.05, 0) is 19.1 Å². The first kappa shape index (κ1) is 12.9. The second-order valence-electron chi connectivity index (χ2n) is 3.75. The highest BCUT2D eigenvalue weighted by Gasteiger charge is 2.22. The Labute approximate surface area is 109 Å². The monoisotopic (exact) mass is 262 g/mol. The topological polar surface area (TPSA) is 84.2 Å². The fraction of sp³-hybridized carbons (Fsp3) is 0.231. The maximum Gasteiger partial charge on any atom is 0.346 e. The minimum Gasteiger partial charge on any atom is -0.496 e. The predicted octanol–water partition coefficient (Wildman–Crippen LogP) is 1.56. The van der Waals surface area contributed by atoms with E-state index in [0.717, 1.165) is 0 Å². The van der Waals surface area contributed by atoms with Crippen molar-refractivity contribution in [2.24, 2.45) is 0 Å². The van der Waals surface area contributed by atoms with Crippen LogP contribution in [0, 0.1) is 0 Å². The second-order valence-corrected chi connectivity index (χ2v) is 3.75. The number of benzene rings is 1. The van der Waals surface area contributed by atoms with Gasteiger partial charge >= 0.3 is 5.97 Å². The van der Waals surface area contributed by atoms with E-state index in [1.165, 1.54) is 7.11 Å². The van der Waals surface area contributed by atoms with E-state index >= 15 is 0 Å². The number of hydrogen-bond donors (Lipinski definition) is 2. The fourth-order valence-electron chi connectivity index (χ4n) is 1.81. The third-order valence-electron chi connectivity index (χ3n) is 2.63. The number of H-pyrrole nitrogens is 2. The Morgan fingerprint density at radius 3 is 2.68 bits per heavy atom. The number of carbonyl (C=O) groups excluding carboxylic acids is 1. The molecule has 1 heterocycles. The molecule has 6 heteroatoms. The van der Waals surface area contributed by atoms with Crippen LogP contribution in [0.4, 0.5) is 0 Å². The molecule has 2 aromatic rings. The van der Waals surface area contributed by atoms with Gasteiger partial charge in [0.1, 0.15) is 5.75 Å².